The largest absolute Gasteiger partial charge is 0.365 e. The first kappa shape index (κ1) is 13.5. The van der Waals surface area contributed by atoms with Crippen LogP contribution in [0.1, 0.15) is 52.9 Å². The Labute approximate surface area is 97.9 Å². The predicted octanol–water partition coefficient (Wildman–Crippen LogP) is 1.74. The number of amides is 1. The Hall–Kier alpha value is -0.610. The normalized spacial score (nSPS) is 22.8. The van der Waals surface area contributed by atoms with Gasteiger partial charge in [-0.25, -0.2) is 5.84 Å². The van der Waals surface area contributed by atoms with Crippen molar-refractivity contribution in [3.05, 3.63) is 0 Å². The van der Waals surface area contributed by atoms with Crippen LogP contribution >= 0.6 is 0 Å². The van der Waals surface area contributed by atoms with E-state index in [1.54, 1.807) is 0 Å². The number of ether oxygens (including phenoxy) is 1. The second-order valence-corrected chi connectivity index (χ2v) is 5.41. The van der Waals surface area contributed by atoms with Crippen molar-refractivity contribution in [3.63, 3.8) is 0 Å². The molecule has 3 N–H and O–H groups in total. The maximum Gasteiger partial charge on any atom is 0.262 e. The lowest BCUT2D eigenvalue weighted by Crippen LogP contribution is -2.42. The van der Waals surface area contributed by atoms with Crippen LogP contribution in [0.4, 0.5) is 0 Å². The SMILES string of the molecule is CCC(OC1CCC(C)(C)CC1)C(=O)NN. The molecule has 0 aliphatic heterocycles. The number of nitrogens with one attached hydrogen (secondary N) is 1. The fraction of sp³-hybridized carbons (Fsp3) is 0.917. The maximum atomic E-state index is 11.4. The van der Waals surface area contributed by atoms with Crippen molar-refractivity contribution in [3.8, 4) is 0 Å². The van der Waals surface area contributed by atoms with Crippen LogP contribution < -0.4 is 11.3 Å². The Balaban J connectivity index is 2.40. The zero-order valence-corrected chi connectivity index (χ0v) is 10.6. The molecule has 0 aromatic carbocycles. The zero-order valence-electron chi connectivity index (χ0n) is 10.6. The van der Waals surface area contributed by atoms with E-state index in [0.29, 0.717) is 11.8 Å². The molecule has 4 heteroatoms. The minimum absolute atomic E-state index is 0.215. The van der Waals surface area contributed by atoms with Gasteiger partial charge in [0.1, 0.15) is 6.10 Å². The standard InChI is InChI=1S/C12H24N2O2/c1-4-10(11(15)14-13)16-9-5-7-12(2,3)8-6-9/h9-10H,4-8,13H2,1-3H3,(H,14,15). The molecule has 1 saturated carbocycles. The van der Waals surface area contributed by atoms with Gasteiger partial charge in [0.05, 0.1) is 6.10 Å². The van der Waals surface area contributed by atoms with Crippen molar-refractivity contribution < 1.29 is 9.53 Å². The molecule has 0 bridgehead atoms. The molecule has 0 heterocycles. The molecule has 0 saturated heterocycles. The van der Waals surface area contributed by atoms with Gasteiger partial charge in [-0.3, -0.25) is 10.2 Å². The molecule has 1 rings (SSSR count). The van der Waals surface area contributed by atoms with E-state index in [4.69, 9.17) is 10.6 Å². The van der Waals surface area contributed by atoms with Gasteiger partial charge >= 0.3 is 0 Å². The van der Waals surface area contributed by atoms with Crippen LogP contribution in [0.15, 0.2) is 0 Å². The number of carbonyl (C=O) groups excluding carboxylic acids is 1. The van der Waals surface area contributed by atoms with E-state index < -0.39 is 6.10 Å². The van der Waals surface area contributed by atoms with E-state index in [2.05, 4.69) is 19.3 Å². The Morgan fingerprint density at radius 2 is 2.06 bits per heavy atom. The van der Waals surface area contributed by atoms with Crippen LogP contribution in [0.25, 0.3) is 0 Å². The van der Waals surface area contributed by atoms with Crippen molar-refractivity contribution in [2.75, 3.05) is 0 Å². The lowest BCUT2D eigenvalue weighted by atomic mass is 9.76. The monoisotopic (exact) mass is 228 g/mol. The van der Waals surface area contributed by atoms with Crippen molar-refractivity contribution in [2.45, 2.75) is 65.1 Å². The first-order valence-corrected chi connectivity index (χ1v) is 6.14. The van der Waals surface area contributed by atoms with Gasteiger partial charge in [-0.1, -0.05) is 20.8 Å². The summed E-state index contributed by atoms with van der Waals surface area (Å²) in [5.74, 6) is 4.90. The summed E-state index contributed by atoms with van der Waals surface area (Å²) in [4.78, 5) is 11.4. The predicted molar refractivity (Wildman–Crippen MR) is 63.5 cm³/mol. The summed E-state index contributed by atoms with van der Waals surface area (Å²) >= 11 is 0. The number of hydrogen-bond acceptors (Lipinski definition) is 3. The van der Waals surface area contributed by atoms with Crippen molar-refractivity contribution in [1.29, 1.82) is 0 Å². The number of carbonyl (C=O) groups is 1. The summed E-state index contributed by atoms with van der Waals surface area (Å²) in [6.45, 7) is 6.51. The summed E-state index contributed by atoms with van der Waals surface area (Å²) in [6.07, 6.45) is 4.91. The van der Waals surface area contributed by atoms with Crippen LogP contribution in [-0.2, 0) is 9.53 Å². The Kier molecular flexibility index (Phi) is 4.74. The summed E-state index contributed by atoms with van der Waals surface area (Å²) in [6, 6.07) is 0. The second kappa shape index (κ2) is 5.64. The minimum atomic E-state index is -0.392. The molecule has 0 radical (unpaired) electrons. The average molecular weight is 228 g/mol. The fourth-order valence-electron chi connectivity index (χ4n) is 2.18. The molecule has 1 amide bonds. The molecule has 0 aromatic heterocycles. The first-order valence-electron chi connectivity index (χ1n) is 6.14. The third kappa shape index (κ3) is 3.76. The summed E-state index contributed by atoms with van der Waals surface area (Å²) in [5.41, 5.74) is 2.59. The molecule has 4 nitrogen and oxygen atoms in total. The molecule has 0 spiro atoms. The molecular formula is C12H24N2O2. The second-order valence-electron chi connectivity index (χ2n) is 5.41. The Morgan fingerprint density at radius 3 is 2.50 bits per heavy atom. The Bertz CT molecular complexity index is 231. The minimum Gasteiger partial charge on any atom is -0.365 e. The lowest BCUT2D eigenvalue weighted by Gasteiger charge is -2.35. The van der Waals surface area contributed by atoms with Gasteiger partial charge in [0.25, 0.3) is 5.91 Å². The first-order chi connectivity index (χ1) is 7.48. The van der Waals surface area contributed by atoms with Gasteiger partial charge in [0.2, 0.25) is 0 Å². The summed E-state index contributed by atoms with van der Waals surface area (Å²) < 4.78 is 5.79. The Morgan fingerprint density at radius 1 is 1.50 bits per heavy atom. The average Bonchev–Trinajstić information content (AvgIpc) is 2.27. The van der Waals surface area contributed by atoms with E-state index >= 15 is 0 Å². The fourth-order valence-corrected chi connectivity index (χ4v) is 2.18. The zero-order chi connectivity index (χ0) is 12.2. The van der Waals surface area contributed by atoms with Crippen molar-refractivity contribution >= 4 is 5.91 Å². The molecule has 1 aliphatic carbocycles. The van der Waals surface area contributed by atoms with Crippen LogP contribution in [0.3, 0.4) is 0 Å². The summed E-state index contributed by atoms with van der Waals surface area (Å²) in [7, 11) is 0. The highest BCUT2D eigenvalue weighted by atomic mass is 16.5. The van der Waals surface area contributed by atoms with Gasteiger partial charge in [-0.05, 0) is 37.5 Å². The molecule has 1 aliphatic rings. The topological polar surface area (TPSA) is 64.3 Å². The molecule has 16 heavy (non-hydrogen) atoms. The van der Waals surface area contributed by atoms with Crippen molar-refractivity contribution in [1.82, 2.24) is 5.43 Å². The van der Waals surface area contributed by atoms with Crippen molar-refractivity contribution in [2.24, 2.45) is 11.3 Å². The number of nitrogens with two attached hydrogens (primary N) is 1. The molecule has 1 atom stereocenters. The van der Waals surface area contributed by atoms with Crippen LogP contribution in [0.2, 0.25) is 0 Å². The number of hydrazine groups is 1. The highest BCUT2D eigenvalue weighted by Crippen LogP contribution is 2.36. The van der Waals surface area contributed by atoms with Crippen LogP contribution in [0.5, 0.6) is 0 Å². The van der Waals surface area contributed by atoms with Gasteiger partial charge in [0.15, 0.2) is 0 Å². The summed E-state index contributed by atoms with van der Waals surface area (Å²) in [5, 5.41) is 0. The third-order valence-electron chi connectivity index (χ3n) is 3.45. The van der Waals surface area contributed by atoms with E-state index in [9.17, 15) is 4.79 Å². The molecular weight excluding hydrogens is 204 g/mol. The van der Waals surface area contributed by atoms with E-state index in [1.165, 1.54) is 12.8 Å². The quantitative estimate of drug-likeness (QED) is 0.437. The molecule has 94 valence electrons. The highest BCUT2D eigenvalue weighted by Gasteiger charge is 2.29. The molecule has 1 fully saturated rings. The molecule has 0 aromatic rings. The molecule has 1 unspecified atom stereocenters. The van der Waals surface area contributed by atoms with E-state index in [1.807, 2.05) is 6.92 Å². The van der Waals surface area contributed by atoms with Gasteiger partial charge in [-0.2, -0.15) is 0 Å². The third-order valence-corrected chi connectivity index (χ3v) is 3.45. The van der Waals surface area contributed by atoms with E-state index in [0.717, 1.165) is 12.8 Å². The van der Waals surface area contributed by atoms with Crippen LogP contribution in [-0.4, -0.2) is 18.1 Å². The lowest BCUT2D eigenvalue weighted by molar-refractivity contribution is -0.139. The van der Waals surface area contributed by atoms with Gasteiger partial charge in [0, 0.05) is 0 Å². The van der Waals surface area contributed by atoms with Gasteiger partial charge < -0.3 is 4.74 Å². The van der Waals surface area contributed by atoms with Crippen LogP contribution in [0, 0.1) is 5.41 Å². The van der Waals surface area contributed by atoms with E-state index in [-0.39, 0.29) is 12.0 Å². The van der Waals surface area contributed by atoms with Gasteiger partial charge in [-0.15, -0.1) is 0 Å². The highest BCUT2D eigenvalue weighted by molar-refractivity contribution is 5.80. The number of hydrogen-bond donors (Lipinski definition) is 2. The smallest absolute Gasteiger partial charge is 0.262 e. The number of rotatable bonds is 4. The maximum absolute atomic E-state index is 11.4.